The quantitative estimate of drug-likeness (QED) is 0.594. The van der Waals surface area contributed by atoms with Crippen molar-refractivity contribution in [3.63, 3.8) is 0 Å². The van der Waals surface area contributed by atoms with E-state index in [1.807, 2.05) is 6.92 Å². The van der Waals surface area contributed by atoms with Gasteiger partial charge in [0.15, 0.2) is 0 Å². The highest BCUT2D eigenvalue weighted by molar-refractivity contribution is 7.84. The summed E-state index contributed by atoms with van der Waals surface area (Å²) in [6.07, 6.45) is 0. The molecule has 8 heteroatoms. The number of hydrogen-bond acceptors (Lipinski definition) is 5. The van der Waals surface area contributed by atoms with Crippen molar-refractivity contribution in [1.29, 1.82) is 0 Å². The molecule has 0 aliphatic carbocycles. The standard InChI is InChI=1S/C7H13N5O2S/c1-2-15(14)4-3-9-6(13)5-10-7(8)12-11-5/h2-4H2,1H3,(H,9,13)(H3,8,10,11,12). The van der Waals surface area contributed by atoms with Gasteiger partial charge in [0.1, 0.15) is 0 Å². The zero-order valence-corrected chi connectivity index (χ0v) is 9.13. The van der Waals surface area contributed by atoms with E-state index in [4.69, 9.17) is 5.73 Å². The van der Waals surface area contributed by atoms with Crippen molar-refractivity contribution >= 4 is 22.7 Å². The average molecular weight is 231 g/mol. The molecule has 1 amide bonds. The van der Waals surface area contributed by atoms with E-state index < -0.39 is 16.7 Å². The second-order valence-corrected chi connectivity index (χ2v) is 4.60. The van der Waals surface area contributed by atoms with Gasteiger partial charge in [-0.15, -0.1) is 5.10 Å². The molecular weight excluding hydrogens is 218 g/mol. The Morgan fingerprint density at radius 1 is 1.67 bits per heavy atom. The van der Waals surface area contributed by atoms with Gasteiger partial charge in [-0.3, -0.25) is 14.1 Å². The first kappa shape index (κ1) is 11.6. The predicted molar refractivity (Wildman–Crippen MR) is 56.7 cm³/mol. The summed E-state index contributed by atoms with van der Waals surface area (Å²) < 4.78 is 11.0. The maximum Gasteiger partial charge on any atom is 0.288 e. The van der Waals surface area contributed by atoms with E-state index in [-0.39, 0.29) is 11.8 Å². The van der Waals surface area contributed by atoms with Crippen LogP contribution in [0.4, 0.5) is 5.95 Å². The third-order valence-electron chi connectivity index (χ3n) is 1.66. The number of nitrogens with one attached hydrogen (secondary N) is 2. The summed E-state index contributed by atoms with van der Waals surface area (Å²) in [6, 6.07) is 0. The second kappa shape index (κ2) is 5.44. The van der Waals surface area contributed by atoms with Crippen molar-refractivity contribution in [2.75, 3.05) is 23.8 Å². The maximum atomic E-state index is 11.3. The van der Waals surface area contributed by atoms with Crippen LogP contribution in [0.2, 0.25) is 0 Å². The van der Waals surface area contributed by atoms with Gasteiger partial charge in [0.25, 0.3) is 5.91 Å². The molecule has 1 rings (SSSR count). The van der Waals surface area contributed by atoms with Crippen LogP contribution in [0.1, 0.15) is 17.5 Å². The molecule has 15 heavy (non-hydrogen) atoms. The summed E-state index contributed by atoms with van der Waals surface area (Å²) in [5, 5.41) is 8.46. The van der Waals surface area contributed by atoms with Crippen molar-refractivity contribution in [1.82, 2.24) is 20.5 Å². The largest absolute Gasteiger partial charge is 0.366 e. The Morgan fingerprint density at radius 3 is 2.93 bits per heavy atom. The van der Waals surface area contributed by atoms with Crippen LogP contribution < -0.4 is 11.1 Å². The van der Waals surface area contributed by atoms with E-state index in [9.17, 15) is 9.00 Å². The minimum absolute atomic E-state index is 0.0253. The first-order valence-corrected chi connectivity index (χ1v) is 5.93. The molecule has 0 radical (unpaired) electrons. The van der Waals surface area contributed by atoms with Gasteiger partial charge >= 0.3 is 0 Å². The van der Waals surface area contributed by atoms with E-state index in [1.165, 1.54) is 0 Å². The lowest BCUT2D eigenvalue weighted by molar-refractivity contribution is 0.0946. The molecule has 0 aliphatic rings. The van der Waals surface area contributed by atoms with Crippen molar-refractivity contribution in [2.24, 2.45) is 0 Å². The first-order valence-electron chi connectivity index (χ1n) is 4.44. The van der Waals surface area contributed by atoms with E-state index in [1.54, 1.807) is 0 Å². The Bertz CT molecular complexity index is 364. The van der Waals surface area contributed by atoms with Gasteiger partial charge in [0.05, 0.1) is 0 Å². The Labute approximate surface area is 89.3 Å². The molecule has 0 aliphatic heterocycles. The lowest BCUT2D eigenvalue weighted by atomic mass is 10.5. The number of carbonyl (C=O) groups is 1. The Balaban J connectivity index is 2.34. The third kappa shape index (κ3) is 3.66. The van der Waals surface area contributed by atoms with E-state index >= 15 is 0 Å². The van der Waals surface area contributed by atoms with Gasteiger partial charge in [-0.25, -0.2) is 0 Å². The topological polar surface area (TPSA) is 114 Å². The molecule has 84 valence electrons. The maximum absolute atomic E-state index is 11.3. The molecule has 0 fully saturated rings. The van der Waals surface area contributed by atoms with Crippen LogP contribution in [0.5, 0.6) is 0 Å². The van der Waals surface area contributed by atoms with Crippen LogP contribution >= 0.6 is 0 Å². The highest BCUT2D eigenvalue weighted by Crippen LogP contribution is 1.92. The number of amides is 1. The summed E-state index contributed by atoms with van der Waals surface area (Å²) in [5.41, 5.74) is 5.23. The number of aromatic nitrogens is 3. The summed E-state index contributed by atoms with van der Waals surface area (Å²) in [7, 11) is -0.880. The number of H-pyrrole nitrogens is 1. The third-order valence-corrected chi connectivity index (χ3v) is 2.96. The van der Waals surface area contributed by atoms with Crippen LogP contribution in [0.3, 0.4) is 0 Å². The number of nitrogens with zero attached hydrogens (tertiary/aromatic N) is 2. The molecule has 0 spiro atoms. The number of anilines is 1. The zero-order valence-electron chi connectivity index (χ0n) is 8.32. The van der Waals surface area contributed by atoms with Crippen molar-refractivity contribution in [3.05, 3.63) is 5.82 Å². The molecule has 1 aromatic rings. The van der Waals surface area contributed by atoms with Crippen LogP contribution in [-0.2, 0) is 10.8 Å². The summed E-state index contributed by atoms with van der Waals surface area (Å²) in [5.74, 6) is 0.719. The fourth-order valence-electron chi connectivity index (χ4n) is 0.883. The molecular formula is C7H13N5O2S. The van der Waals surface area contributed by atoms with Gasteiger partial charge < -0.3 is 11.1 Å². The SMILES string of the molecule is CCS(=O)CCNC(=O)c1nc(N)n[nH]1. The van der Waals surface area contributed by atoms with E-state index in [2.05, 4.69) is 20.5 Å². The molecule has 0 bridgehead atoms. The number of rotatable bonds is 5. The summed E-state index contributed by atoms with van der Waals surface area (Å²) in [4.78, 5) is 15.0. The summed E-state index contributed by atoms with van der Waals surface area (Å²) in [6.45, 7) is 2.18. The monoisotopic (exact) mass is 231 g/mol. The Hall–Kier alpha value is -1.44. The average Bonchev–Trinajstić information content (AvgIpc) is 2.64. The number of hydrogen-bond donors (Lipinski definition) is 3. The number of carbonyl (C=O) groups excluding carboxylic acids is 1. The highest BCUT2D eigenvalue weighted by Gasteiger charge is 2.09. The lowest BCUT2D eigenvalue weighted by Crippen LogP contribution is -2.28. The molecule has 1 atom stereocenters. The lowest BCUT2D eigenvalue weighted by Gasteiger charge is -2.01. The van der Waals surface area contributed by atoms with Crippen molar-refractivity contribution in [3.8, 4) is 0 Å². The van der Waals surface area contributed by atoms with Crippen molar-refractivity contribution in [2.45, 2.75) is 6.92 Å². The molecule has 7 nitrogen and oxygen atoms in total. The number of nitrogen functional groups attached to an aromatic ring is 1. The molecule has 0 saturated carbocycles. The van der Waals surface area contributed by atoms with Gasteiger partial charge in [0.2, 0.25) is 11.8 Å². The molecule has 0 aromatic carbocycles. The number of aromatic amines is 1. The molecule has 4 N–H and O–H groups in total. The van der Waals surface area contributed by atoms with E-state index in [0.29, 0.717) is 18.1 Å². The smallest absolute Gasteiger partial charge is 0.288 e. The first-order chi connectivity index (χ1) is 7.13. The normalized spacial score (nSPS) is 12.3. The molecule has 1 unspecified atom stereocenters. The van der Waals surface area contributed by atoms with Crippen molar-refractivity contribution < 1.29 is 9.00 Å². The van der Waals surface area contributed by atoms with Gasteiger partial charge in [-0.2, -0.15) is 4.98 Å². The van der Waals surface area contributed by atoms with Crippen LogP contribution in [0, 0.1) is 0 Å². The fraction of sp³-hybridized carbons (Fsp3) is 0.571. The van der Waals surface area contributed by atoms with Crippen LogP contribution in [0.25, 0.3) is 0 Å². The Kier molecular flexibility index (Phi) is 4.22. The molecule has 0 saturated heterocycles. The zero-order chi connectivity index (χ0) is 11.3. The summed E-state index contributed by atoms with van der Waals surface area (Å²) >= 11 is 0. The van der Waals surface area contributed by atoms with Gasteiger partial charge in [-0.05, 0) is 0 Å². The molecule has 1 heterocycles. The van der Waals surface area contributed by atoms with Crippen LogP contribution in [-0.4, -0.2) is 43.3 Å². The second-order valence-electron chi connectivity index (χ2n) is 2.73. The van der Waals surface area contributed by atoms with Gasteiger partial charge in [0, 0.05) is 28.9 Å². The minimum Gasteiger partial charge on any atom is -0.366 e. The predicted octanol–water partition coefficient (Wildman–Crippen LogP) is -1.11. The van der Waals surface area contributed by atoms with Crippen LogP contribution in [0.15, 0.2) is 0 Å². The fourth-order valence-corrected chi connectivity index (χ4v) is 1.50. The minimum atomic E-state index is -0.880. The van der Waals surface area contributed by atoms with E-state index in [0.717, 1.165) is 0 Å². The Morgan fingerprint density at radius 2 is 2.40 bits per heavy atom. The molecule has 1 aromatic heterocycles. The van der Waals surface area contributed by atoms with Gasteiger partial charge in [-0.1, -0.05) is 6.92 Å². The number of nitrogens with two attached hydrogens (primary N) is 1. The highest BCUT2D eigenvalue weighted by atomic mass is 32.2.